The molecule has 4 aromatic rings. The number of aromatic nitrogens is 4. The number of aromatic amines is 1. The van der Waals surface area contributed by atoms with Crippen LogP contribution in [0.3, 0.4) is 0 Å². The summed E-state index contributed by atoms with van der Waals surface area (Å²) in [6, 6.07) is 7.46. The summed E-state index contributed by atoms with van der Waals surface area (Å²) in [6.07, 6.45) is 4.31. The first-order valence-electron chi connectivity index (χ1n) is 8.57. The number of H-pyrrole nitrogens is 1. The third-order valence-corrected chi connectivity index (χ3v) is 5.99. The van der Waals surface area contributed by atoms with Crippen molar-refractivity contribution in [2.75, 3.05) is 12.4 Å². The first-order valence-corrected chi connectivity index (χ1v) is 9.38. The standard InChI is InChI=1S/C18H17N5O2S/c1-25-11-8-6-10(7-9-11)19-17-21-22-18-20-15-14(16(24)23(17)18)12-4-2-3-5-13(12)26-15/h6-9H,2-5H2,1H3,(H,19,21)(H,20,22). The Kier molecular flexibility index (Phi) is 3.46. The van der Waals surface area contributed by atoms with Gasteiger partial charge < -0.3 is 10.1 Å². The second-order valence-corrected chi connectivity index (χ2v) is 7.45. The minimum Gasteiger partial charge on any atom is -0.497 e. The van der Waals surface area contributed by atoms with Gasteiger partial charge in [0.1, 0.15) is 10.6 Å². The Balaban J connectivity index is 1.65. The van der Waals surface area contributed by atoms with Gasteiger partial charge in [-0.1, -0.05) is 0 Å². The number of nitrogens with one attached hydrogen (secondary N) is 2. The quantitative estimate of drug-likeness (QED) is 0.581. The van der Waals surface area contributed by atoms with E-state index in [2.05, 4.69) is 20.5 Å². The number of anilines is 2. The van der Waals surface area contributed by atoms with Gasteiger partial charge in [0, 0.05) is 10.6 Å². The fourth-order valence-corrected chi connectivity index (χ4v) is 4.77. The van der Waals surface area contributed by atoms with Crippen LogP contribution in [-0.4, -0.2) is 26.7 Å². The van der Waals surface area contributed by atoms with E-state index in [0.29, 0.717) is 11.7 Å². The van der Waals surface area contributed by atoms with E-state index in [1.807, 2.05) is 24.3 Å². The molecular formula is C18H17N5O2S. The molecule has 0 unspecified atom stereocenters. The molecule has 132 valence electrons. The van der Waals surface area contributed by atoms with Crippen LogP contribution in [0.25, 0.3) is 16.0 Å². The highest BCUT2D eigenvalue weighted by Crippen LogP contribution is 2.34. The van der Waals surface area contributed by atoms with Gasteiger partial charge in [-0.15, -0.1) is 16.4 Å². The van der Waals surface area contributed by atoms with Crippen LogP contribution in [-0.2, 0) is 12.8 Å². The zero-order chi connectivity index (χ0) is 17.7. The molecule has 1 aliphatic carbocycles. The highest BCUT2D eigenvalue weighted by molar-refractivity contribution is 7.18. The van der Waals surface area contributed by atoms with Crippen LogP contribution < -0.4 is 15.6 Å². The number of fused-ring (bicyclic) bond motifs is 4. The van der Waals surface area contributed by atoms with Crippen molar-refractivity contribution in [2.24, 2.45) is 0 Å². The number of hydrogen-bond acceptors (Lipinski definition) is 6. The molecule has 3 aromatic heterocycles. The van der Waals surface area contributed by atoms with Crippen molar-refractivity contribution >= 4 is 39.0 Å². The number of methoxy groups -OCH3 is 1. The smallest absolute Gasteiger partial charge is 0.271 e. The van der Waals surface area contributed by atoms with Crippen LogP contribution >= 0.6 is 11.3 Å². The number of hydrogen-bond donors (Lipinski definition) is 2. The summed E-state index contributed by atoms with van der Waals surface area (Å²) in [5, 5.41) is 11.0. The van der Waals surface area contributed by atoms with Crippen molar-refractivity contribution in [2.45, 2.75) is 25.7 Å². The zero-order valence-electron chi connectivity index (χ0n) is 14.2. The average molecular weight is 367 g/mol. The highest BCUT2D eigenvalue weighted by atomic mass is 32.1. The number of thiophene rings is 1. The summed E-state index contributed by atoms with van der Waals surface area (Å²) < 4.78 is 6.69. The molecule has 26 heavy (non-hydrogen) atoms. The second kappa shape index (κ2) is 5.84. The molecule has 0 radical (unpaired) electrons. The molecule has 8 heteroatoms. The maximum absolute atomic E-state index is 13.2. The average Bonchev–Trinajstić information content (AvgIpc) is 3.24. The Bertz CT molecular complexity index is 1170. The van der Waals surface area contributed by atoms with Crippen LogP contribution in [0, 0.1) is 0 Å². The fraction of sp³-hybridized carbons (Fsp3) is 0.278. The van der Waals surface area contributed by atoms with Crippen molar-refractivity contribution in [3.8, 4) is 5.75 Å². The van der Waals surface area contributed by atoms with Crippen LogP contribution in [0.5, 0.6) is 5.75 Å². The summed E-state index contributed by atoms with van der Waals surface area (Å²) >= 11 is 1.64. The summed E-state index contributed by atoms with van der Waals surface area (Å²) in [5.74, 6) is 1.66. The van der Waals surface area contributed by atoms with E-state index < -0.39 is 0 Å². The van der Waals surface area contributed by atoms with Crippen LogP contribution in [0.1, 0.15) is 23.3 Å². The van der Waals surface area contributed by atoms with E-state index >= 15 is 0 Å². The van der Waals surface area contributed by atoms with Gasteiger partial charge in [0.15, 0.2) is 0 Å². The van der Waals surface area contributed by atoms with Gasteiger partial charge in [-0.25, -0.2) is 14.5 Å². The molecule has 0 bridgehead atoms. The van der Waals surface area contributed by atoms with Gasteiger partial charge in [-0.3, -0.25) is 4.79 Å². The zero-order valence-corrected chi connectivity index (χ0v) is 15.0. The van der Waals surface area contributed by atoms with Gasteiger partial charge in [0.25, 0.3) is 5.56 Å². The van der Waals surface area contributed by atoms with Crippen LogP contribution in [0.2, 0.25) is 0 Å². The lowest BCUT2D eigenvalue weighted by molar-refractivity contribution is 0.415. The van der Waals surface area contributed by atoms with E-state index in [1.54, 1.807) is 18.4 Å². The largest absolute Gasteiger partial charge is 0.497 e. The Labute approximate surface area is 152 Å². The molecule has 2 N–H and O–H groups in total. The molecule has 0 saturated carbocycles. The molecule has 0 aliphatic heterocycles. The van der Waals surface area contributed by atoms with Crippen molar-refractivity contribution in [3.63, 3.8) is 0 Å². The predicted octanol–water partition coefficient (Wildman–Crippen LogP) is 3.26. The van der Waals surface area contributed by atoms with Gasteiger partial charge in [-0.2, -0.15) is 0 Å². The van der Waals surface area contributed by atoms with E-state index in [1.165, 1.54) is 21.3 Å². The first kappa shape index (κ1) is 15.4. The molecule has 0 amide bonds. The summed E-state index contributed by atoms with van der Waals surface area (Å²) in [7, 11) is 1.63. The second-order valence-electron chi connectivity index (χ2n) is 6.37. The predicted molar refractivity (Wildman–Crippen MR) is 102 cm³/mol. The molecular weight excluding hydrogens is 350 g/mol. The normalized spacial score (nSPS) is 13.9. The molecule has 1 aromatic carbocycles. The maximum Gasteiger partial charge on any atom is 0.271 e. The topological polar surface area (TPSA) is 84.3 Å². The van der Waals surface area contributed by atoms with Crippen LogP contribution in [0.15, 0.2) is 29.1 Å². The number of ether oxygens (including phenoxy) is 1. The Morgan fingerprint density at radius 2 is 2.04 bits per heavy atom. The minimum atomic E-state index is -0.0610. The Hall–Kier alpha value is -2.87. The summed E-state index contributed by atoms with van der Waals surface area (Å²) in [4.78, 5) is 20.0. The van der Waals surface area contributed by atoms with E-state index in [9.17, 15) is 4.79 Å². The number of aryl methyl sites for hydroxylation is 2. The molecule has 0 spiro atoms. The van der Waals surface area contributed by atoms with Crippen molar-refractivity contribution in [1.29, 1.82) is 0 Å². The summed E-state index contributed by atoms with van der Waals surface area (Å²) in [5.41, 5.74) is 1.94. The number of rotatable bonds is 3. The van der Waals surface area contributed by atoms with Crippen molar-refractivity contribution < 1.29 is 4.74 Å². The van der Waals surface area contributed by atoms with Gasteiger partial charge in [0.2, 0.25) is 11.7 Å². The molecule has 1 aliphatic rings. The molecule has 0 fully saturated rings. The fourth-order valence-electron chi connectivity index (χ4n) is 3.52. The van der Waals surface area contributed by atoms with Crippen LogP contribution in [0.4, 0.5) is 11.6 Å². The van der Waals surface area contributed by atoms with Gasteiger partial charge >= 0.3 is 0 Å². The van der Waals surface area contributed by atoms with Gasteiger partial charge in [-0.05, 0) is 55.5 Å². The SMILES string of the molecule is COc1ccc(Nc2n[nH]c3nc4sc5c(c4c(=O)n23)CCCC5)cc1. The number of nitrogens with zero attached hydrogens (tertiary/aromatic N) is 3. The monoisotopic (exact) mass is 367 g/mol. The van der Waals surface area contributed by atoms with E-state index in [-0.39, 0.29) is 5.56 Å². The molecule has 3 heterocycles. The molecule has 5 rings (SSSR count). The molecule has 0 saturated heterocycles. The third-order valence-electron chi connectivity index (χ3n) is 4.81. The highest BCUT2D eigenvalue weighted by Gasteiger charge is 2.22. The van der Waals surface area contributed by atoms with Crippen molar-refractivity contribution in [1.82, 2.24) is 19.6 Å². The lowest BCUT2D eigenvalue weighted by Gasteiger charge is -2.09. The third kappa shape index (κ3) is 2.29. The Morgan fingerprint density at radius 1 is 1.23 bits per heavy atom. The molecule has 7 nitrogen and oxygen atoms in total. The van der Waals surface area contributed by atoms with E-state index in [4.69, 9.17) is 4.74 Å². The van der Waals surface area contributed by atoms with E-state index in [0.717, 1.165) is 40.9 Å². The minimum absolute atomic E-state index is 0.0610. The van der Waals surface area contributed by atoms with Crippen molar-refractivity contribution in [3.05, 3.63) is 45.1 Å². The maximum atomic E-state index is 13.2. The lowest BCUT2D eigenvalue weighted by atomic mass is 9.97. The molecule has 0 atom stereocenters. The summed E-state index contributed by atoms with van der Waals surface area (Å²) in [6.45, 7) is 0. The lowest BCUT2D eigenvalue weighted by Crippen LogP contribution is -2.17. The van der Waals surface area contributed by atoms with Gasteiger partial charge in [0.05, 0.1) is 12.5 Å². The number of benzene rings is 1. The Morgan fingerprint density at radius 3 is 2.85 bits per heavy atom. The first-order chi connectivity index (χ1) is 12.7.